The van der Waals surface area contributed by atoms with Gasteiger partial charge < -0.3 is 16.0 Å². The summed E-state index contributed by atoms with van der Waals surface area (Å²) >= 11 is 0. The summed E-state index contributed by atoms with van der Waals surface area (Å²) in [5, 5.41) is 10.6. The average Bonchev–Trinajstić information content (AvgIpc) is 3.43. The molecule has 47 heavy (non-hydrogen) atoms. The molecule has 2 atom stereocenters. The fourth-order valence-corrected chi connectivity index (χ4v) is 6.32. The number of hydrogen-bond acceptors (Lipinski definition) is 9. The summed E-state index contributed by atoms with van der Waals surface area (Å²) in [5.41, 5.74) is 3.12. The van der Waals surface area contributed by atoms with Crippen molar-refractivity contribution in [1.82, 2.24) is 40.7 Å². The fraction of sp³-hybridized carbons (Fsp3) is 0.444. The maximum Gasteiger partial charge on any atom is 0.253 e. The molecule has 2 aliphatic rings. The Hall–Kier alpha value is -4.32. The van der Waals surface area contributed by atoms with Crippen LogP contribution in [-0.4, -0.2) is 80.2 Å². The first-order valence-corrected chi connectivity index (χ1v) is 16.7. The number of amides is 3. The molecule has 3 aromatic rings. The number of rotatable bonds is 18. The Kier molecular flexibility index (Phi) is 13.1. The maximum atomic E-state index is 12.4. The molecule has 2 unspecified atom stereocenters. The first-order valence-electron chi connectivity index (χ1n) is 16.7. The van der Waals surface area contributed by atoms with Gasteiger partial charge in [0.25, 0.3) is 11.8 Å². The second-order valence-electron chi connectivity index (χ2n) is 12.3. The number of imide groups is 1. The molecule has 11 nitrogen and oxygen atoms in total. The summed E-state index contributed by atoms with van der Waals surface area (Å²) in [5.74, 6) is -0.679. The van der Waals surface area contributed by atoms with Crippen molar-refractivity contribution < 1.29 is 14.4 Å². The lowest BCUT2D eigenvalue weighted by molar-refractivity contribution is -0.137. The Bertz CT molecular complexity index is 1370. The zero-order valence-corrected chi connectivity index (χ0v) is 27.0. The van der Waals surface area contributed by atoms with E-state index in [0.717, 1.165) is 75.4 Å². The van der Waals surface area contributed by atoms with E-state index in [2.05, 4.69) is 54.0 Å². The number of hydrogen-bond donors (Lipinski definition) is 3. The molecule has 4 heterocycles. The van der Waals surface area contributed by atoms with Crippen molar-refractivity contribution in [2.75, 3.05) is 19.6 Å². The van der Waals surface area contributed by atoms with Gasteiger partial charge in [-0.2, -0.15) is 0 Å². The van der Waals surface area contributed by atoms with Crippen molar-refractivity contribution in [1.29, 1.82) is 0 Å². The molecular formula is C36H46N8O3. The largest absolute Gasteiger partial charge is 0.356 e. The van der Waals surface area contributed by atoms with Crippen LogP contribution < -0.4 is 16.0 Å². The predicted octanol–water partition coefficient (Wildman–Crippen LogP) is 3.14. The van der Waals surface area contributed by atoms with E-state index in [-0.39, 0.29) is 30.7 Å². The Labute approximate surface area is 277 Å². The van der Waals surface area contributed by atoms with Gasteiger partial charge in [0.1, 0.15) is 0 Å². The van der Waals surface area contributed by atoms with E-state index in [1.807, 2.05) is 55.0 Å². The van der Waals surface area contributed by atoms with Crippen LogP contribution in [0.4, 0.5) is 0 Å². The molecule has 3 amide bonds. The van der Waals surface area contributed by atoms with Gasteiger partial charge in [0.15, 0.2) is 0 Å². The van der Waals surface area contributed by atoms with Gasteiger partial charge in [-0.15, -0.1) is 0 Å². The monoisotopic (exact) mass is 638 g/mol. The molecule has 1 aliphatic heterocycles. The molecule has 0 saturated heterocycles. The fourth-order valence-electron chi connectivity index (χ4n) is 6.32. The topological polar surface area (TPSA) is 132 Å². The van der Waals surface area contributed by atoms with Crippen molar-refractivity contribution in [2.24, 2.45) is 0 Å². The third-order valence-electron chi connectivity index (χ3n) is 8.77. The summed E-state index contributed by atoms with van der Waals surface area (Å²) in [6.07, 6.45) is 13.7. The quantitative estimate of drug-likeness (QED) is 0.142. The van der Waals surface area contributed by atoms with Crippen LogP contribution in [0.2, 0.25) is 0 Å². The predicted molar refractivity (Wildman–Crippen MR) is 179 cm³/mol. The lowest BCUT2D eigenvalue weighted by Crippen LogP contribution is -2.51. The van der Waals surface area contributed by atoms with E-state index >= 15 is 0 Å². The first kappa shape index (κ1) is 34.0. The van der Waals surface area contributed by atoms with E-state index in [0.29, 0.717) is 31.1 Å². The molecule has 3 N–H and O–H groups in total. The van der Waals surface area contributed by atoms with Gasteiger partial charge in [-0.25, -0.2) is 0 Å². The molecule has 1 aliphatic carbocycles. The van der Waals surface area contributed by atoms with E-state index < -0.39 is 0 Å². The zero-order chi connectivity index (χ0) is 32.7. The van der Waals surface area contributed by atoms with E-state index in [4.69, 9.17) is 0 Å². The summed E-state index contributed by atoms with van der Waals surface area (Å²) < 4.78 is 0. The smallest absolute Gasteiger partial charge is 0.253 e. The van der Waals surface area contributed by atoms with Gasteiger partial charge in [-0.05, 0) is 81.5 Å². The minimum Gasteiger partial charge on any atom is -0.356 e. The average molecular weight is 639 g/mol. The second kappa shape index (κ2) is 18.1. The van der Waals surface area contributed by atoms with Crippen molar-refractivity contribution in [2.45, 2.75) is 82.7 Å². The molecule has 0 radical (unpaired) electrons. The molecule has 3 aromatic heterocycles. The van der Waals surface area contributed by atoms with Crippen LogP contribution in [0.25, 0.3) is 0 Å². The summed E-state index contributed by atoms with van der Waals surface area (Å²) in [6.45, 7) is 3.97. The highest BCUT2D eigenvalue weighted by atomic mass is 16.2. The minimum absolute atomic E-state index is 0.0571. The molecule has 248 valence electrons. The van der Waals surface area contributed by atoms with Crippen LogP contribution in [0.15, 0.2) is 85.3 Å². The van der Waals surface area contributed by atoms with Crippen LogP contribution in [0, 0.1) is 0 Å². The van der Waals surface area contributed by atoms with Gasteiger partial charge in [0.2, 0.25) is 5.91 Å². The van der Waals surface area contributed by atoms with Crippen LogP contribution >= 0.6 is 0 Å². The second-order valence-corrected chi connectivity index (χ2v) is 12.3. The van der Waals surface area contributed by atoms with Crippen LogP contribution in [0.3, 0.4) is 0 Å². The molecular weight excluding hydrogens is 592 g/mol. The third-order valence-corrected chi connectivity index (χ3v) is 8.77. The van der Waals surface area contributed by atoms with E-state index in [1.54, 1.807) is 0 Å². The number of carbonyl (C=O) groups excluding carboxylic acids is 3. The molecule has 0 bridgehead atoms. The van der Waals surface area contributed by atoms with Crippen molar-refractivity contribution in [3.63, 3.8) is 0 Å². The van der Waals surface area contributed by atoms with Gasteiger partial charge >= 0.3 is 0 Å². The van der Waals surface area contributed by atoms with Crippen LogP contribution in [-0.2, 0) is 34.0 Å². The van der Waals surface area contributed by atoms with Gasteiger partial charge in [-0.3, -0.25) is 39.1 Å². The van der Waals surface area contributed by atoms with Crippen molar-refractivity contribution in [3.8, 4) is 0 Å². The summed E-state index contributed by atoms with van der Waals surface area (Å²) in [4.78, 5) is 53.2. The SMILES string of the molecule is O=C(CCCN1C(=O)C=CC1=O)NCCCCN(Cc1ccccn1)C1CC(NCc2ccccn2)CC(NCc2ccccn2)C1. The summed E-state index contributed by atoms with van der Waals surface area (Å²) in [6, 6.07) is 19.1. The number of unbranched alkanes of at least 4 members (excludes halogenated alkanes) is 1. The van der Waals surface area contributed by atoms with Gasteiger partial charge in [0.05, 0.1) is 17.1 Å². The highest BCUT2D eigenvalue weighted by Gasteiger charge is 2.32. The first-order chi connectivity index (χ1) is 23.0. The Morgan fingerprint density at radius 2 is 1.32 bits per heavy atom. The normalized spacial score (nSPS) is 19.4. The van der Waals surface area contributed by atoms with E-state index in [1.165, 1.54) is 17.1 Å². The van der Waals surface area contributed by atoms with Crippen LogP contribution in [0.1, 0.15) is 62.0 Å². The molecule has 11 heteroatoms. The van der Waals surface area contributed by atoms with Crippen molar-refractivity contribution >= 4 is 17.7 Å². The molecule has 5 rings (SSSR count). The Balaban J connectivity index is 1.15. The Morgan fingerprint density at radius 1 is 0.745 bits per heavy atom. The van der Waals surface area contributed by atoms with Gasteiger partial charge in [-0.1, -0.05) is 18.2 Å². The molecule has 1 fully saturated rings. The number of carbonyl (C=O) groups is 3. The zero-order valence-electron chi connectivity index (χ0n) is 27.0. The molecule has 0 aromatic carbocycles. The minimum atomic E-state index is -0.311. The van der Waals surface area contributed by atoms with Gasteiger partial charge in [0, 0.05) is 88.0 Å². The number of nitrogens with one attached hydrogen (secondary N) is 3. The highest BCUT2D eigenvalue weighted by molar-refractivity contribution is 6.12. The standard InChI is InChI=1S/C36H46N8O3/c45-34(13-9-21-44-35(46)14-15-36(44)47)40-19-7-8-20-43(27-30-12-3-6-18-39-30)33-23-31(41-25-28-10-1-4-16-37-28)22-32(24-33)42-26-29-11-2-5-17-38-29/h1-6,10-12,14-18,31-33,41-42H,7-9,13,19-27H2,(H,40,45). The summed E-state index contributed by atoms with van der Waals surface area (Å²) in [7, 11) is 0. The highest BCUT2D eigenvalue weighted by Crippen LogP contribution is 2.26. The lowest BCUT2D eigenvalue weighted by atomic mass is 9.85. The third kappa shape index (κ3) is 11.2. The number of pyridine rings is 3. The molecule has 1 saturated carbocycles. The van der Waals surface area contributed by atoms with E-state index in [9.17, 15) is 14.4 Å². The van der Waals surface area contributed by atoms with Crippen molar-refractivity contribution in [3.05, 3.63) is 102 Å². The van der Waals surface area contributed by atoms with Crippen LogP contribution in [0.5, 0.6) is 0 Å². The maximum absolute atomic E-state index is 12.4. The number of nitrogens with zero attached hydrogens (tertiary/aromatic N) is 5. The Morgan fingerprint density at radius 3 is 1.87 bits per heavy atom. The number of aromatic nitrogens is 3. The lowest BCUT2D eigenvalue weighted by Gasteiger charge is -2.41. The molecule has 0 spiro atoms.